The molecule has 4 heteroatoms. The van der Waals surface area contributed by atoms with Gasteiger partial charge in [0, 0.05) is 11.3 Å². The Morgan fingerprint density at radius 3 is 2.61 bits per heavy atom. The molecule has 0 fully saturated rings. The molecule has 90 valence electrons. The second-order valence-electron chi connectivity index (χ2n) is 3.93. The molecular formula is C14H13N3S. The van der Waals surface area contributed by atoms with Crippen LogP contribution in [0.15, 0.2) is 41.6 Å². The third kappa shape index (κ3) is 3.08. The lowest BCUT2D eigenvalue weighted by molar-refractivity contribution is 0.934. The molecule has 0 amide bonds. The third-order valence-electron chi connectivity index (χ3n) is 2.37. The number of hydrogen-bond donors (Lipinski definition) is 0. The van der Waals surface area contributed by atoms with Crippen LogP contribution < -0.4 is 0 Å². The number of rotatable bonds is 3. The molecule has 3 nitrogen and oxygen atoms in total. The van der Waals surface area contributed by atoms with Gasteiger partial charge in [-0.3, -0.25) is 0 Å². The number of thioether (sulfide) groups is 1. The van der Waals surface area contributed by atoms with Gasteiger partial charge in [0.15, 0.2) is 5.16 Å². The van der Waals surface area contributed by atoms with Crippen LogP contribution in [0.2, 0.25) is 0 Å². The highest BCUT2D eigenvalue weighted by molar-refractivity contribution is 8.00. The standard InChI is InChI=1S/C14H13N3S/c1-10-8-13(12-6-4-3-5-7-12)17-14(16-10)18-11(2)9-15/h3-8,11H,1-2H3/t11-/m0/s1. The molecule has 0 radical (unpaired) electrons. The smallest absolute Gasteiger partial charge is 0.189 e. The first kappa shape index (κ1) is 12.6. The number of aromatic nitrogens is 2. The van der Waals surface area contributed by atoms with Crippen molar-refractivity contribution >= 4 is 11.8 Å². The molecule has 1 aromatic heterocycles. The lowest BCUT2D eigenvalue weighted by atomic mass is 10.1. The van der Waals surface area contributed by atoms with E-state index in [4.69, 9.17) is 5.26 Å². The van der Waals surface area contributed by atoms with Crippen molar-refractivity contribution in [2.24, 2.45) is 0 Å². The van der Waals surface area contributed by atoms with E-state index in [2.05, 4.69) is 16.0 Å². The average Bonchev–Trinajstić information content (AvgIpc) is 2.39. The minimum Gasteiger partial charge on any atom is -0.228 e. The van der Waals surface area contributed by atoms with E-state index in [0.29, 0.717) is 5.16 Å². The lowest BCUT2D eigenvalue weighted by Gasteiger charge is -2.06. The van der Waals surface area contributed by atoms with Gasteiger partial charge in [-0.2, -0.15) is 5.26 Å². The molecule has 0 aliphatic carbocycles. The zero-order valence-electron chi connectivity index (χ0n) is 10.3. The van der Waals surface area contributed by atoms with Gasteiger partial charge in [-0.25, -0.2) is 9.97 Å². The lowest BCUT2D eigenvalue weighted by Crippen LogP contribution is -1.97. The van der Waals surface area contributed by atoms with Crippen LogP contribution in [0.5, 0.6) is 0 Å². The number of benzene rings is 1. The summed E-state index contributed by atoms with van der Waals surface area (Å²) < 4.78 is 0. The SMILES string of the molecule is Cc1cc(-c2ccccc2)nc(S[C@@H](C)C#N)n1. The van der Waals surface area contributed by atoms with Crippen molar-refractivity contribution in [3.63, 3.8) is 0 Å². The molecule has 1 heterocycles. The molecule has 0 aliphatic heterocycles. The fourth-order valence-electron chi connectivity index (χ4n) is 1.54. The summed E-state index contributed by atoms with van der Waals surface area (Å²) in [5.74, 6) is 0. The normalized spacial score (nSPS) is 11.8. The third-order valence-corrected chi connectivity index (χ3v) is 3.22. The molecule has 0 saturated heterocycles. The van der Waals surface area contributed by atoms with Crippen LogP contribution in [0.25, 0.3) is 11.3 Å². The number of hydrogen-bond acceptors (Lipinski definition) is 4. The van der Waals surface area contributed by atoms with Gasteiger partial charge in [-0.05, 0) is 19.9 Å². The molecule has 18 heavy (non-hydrogen) atoms. The highest BCUT2D eigenvalue weighted by Crippen LogP contribution is 2.23. The highest BCUT2D eigenvalue weighted by Gasteiger charge is 2.08. The van der Waals surface area contributed by atoms with Crippen molar-refractivity contribution in [2.75, 3.05) is 0 Å². The first-order chi connectivity index (χ1) is 8.69. The molecule has 0 saturated carbocycles. The quantitative estimate of drug-likeness (QED) is 0.622. The van der Waals surface area contributed by atoms with E-state index >= 15 is 0 Å². The summed E-state index contributed by atoms with van der Waals surface area (Å²) in [5, 5.41) is 9.34. The summed E-state index contributed by atoms with van der Waals surface area (Å²) in [7, 11) is 0. The van der Waals surface area contributed by atoms with Crippen molar-refractivity contribution in [3.8, 4) is 17.3 Å². The molecule has 2 rings (SSSR count). The fraction of sp³-hybridized carbons (Fsp3) is 0.214. The summed E-state index contributed by atoms with van der Waals surface area (Å²) in [6, 6.07) is 14.1. The van der Waals surface area contributed by atoms with Crippen molar-refractivity contribution < 1.29 is 0 Å². The van der Waals surface area contributed by atoms with Gasteiger partial charge in [0.2, 0.25) is 0 Å². The van der Waals surface area contributed by atoms with E-state index in [-0.39, 0.29) is 5.25 Å². The number of nitriles is 1. The summed E-state index contributed by atoms with van der Waals surface area (Å²) in [5.41, 5.74) is 2.88. The summed E-state index contributed by atoms with van der Waals surface area (Å²) in [6.07, 6.45) is 0. The largest absolute Gasteiger partial charge is 0.228 e. The van der Waals surface area contributed by atoms with Gasteiger partial charge in [-0.1, -0.05) is 42.1 Å². The van der Waals surface area contributed by atoms with E-state index in [0.717, 1.165) is 17.0 Å². The van der Waals surface area contributed by atoms with Gasteiger partial charge in [0.1, 0.15) is 0 Å². The maximum Gasteiger partial charge on any atom is 0.189 e. The van der Waals surface area contributed by atoms with E-state index in [1.165, 1.54) is 11.8 Å². The van der Waals surface area contributed by atoms with Crippen molar-refractivity contribution in [1.82, 2.24) is 9.97 Å². The number of nitrogens with zero attached hydrogens (tertiary/aromatic N) is 3. The van der Waals surface area contributed by atoms with Crippen LogP contribution in [-0.4, -0.2) is 15.2 Å². The molecule has 0 N–H and O–H groups in total. The van der Waals surface area contributed by atoms with Crippen molar-refractivity contribution in [1.29, 1.82) is 5.26 Å². The van der Waals surface area contributed by atoms with E-state index in [9.17, 15) is 0 Å². The Morgan fingerprint density at radius 2 is 1.94 bits per heavy atom. The molecule has 0 aliphatic rings. The highest BCUT2D eigenvalue weighted by atomic mass is 32.2. The summed E-state index contributed by atoms with van der Waals surface area (Å²) in [4.78, 5) is 8.84. The molecular weight excluding hydrogens is 242 g/mol. The van der Waals surface area contributed by atoms with Crippen LogP contribution in [0.4, 0.5) is 0 Å². The minimum atomic E-state index is -0.143. The molecule has 0 bridgehead atoms. The molecule has 1 atom stereocenters. The van der Waals surface area contributed by atoms with E-state index in [1.807, 2.05) is 50.2 Å². The Bertz CT molecular complexity index is 575. The second-order valence-corrected chi connectivity index (χ2v) is 5.24. The first-order valence-corrected chi connectivity index (χ1v) is 6.54. The number of aryl methyl sites for hydroxylation is 1. The van der Waals surface area contributed by atoms with E-state index < -0.39 is 0 Å². The van der Waals surface area contributed by atoms with Crippen LogP contribution >= 0.6 is 11.8 Å². The Morgan fingerprint density at radius 1 is 1.22 bits per heavy atom. The first-order valence-electron chi connectivity index (χ1n) is 5.66. The minimum absolute atomic E-state index is 0.143. The van der Waals surface area contributed by atoms with Gasteiger partial charge in [0.05, 0.1) is 17.0 Å². The molecule has 0 unspecified atom stereocenters. The molecule has 2 aromatic rings. The predicted octanol–water partition coefficient (Wildman–Crippen LogP) is 3.46. The average molecular weight is 255 g/mol. The Balaban J connectivity index is 2.36. The topological polar surface area (TPSA) is 49.6 Å². The monoisotopic (exact) mass is 255 g/mol. The van der Waals surface area contributed by atoms with Gasteiger partial charge in [0.25, 0.3) is 0 Å². The van der Waals surface area contributed by atoms with Gasteiger partial charge >= 0.3 is 0 Å². The fourth-order valence-corrected chi connectivity index (χ4v) is 2.25. The Hall–Kier alpha value is -1.86. The van der Waals surface area contributed by atoms with Gasteiger partial charge < -0.3 is 0 Å². The van der Waals surface area contributed by atoms with Crippen LogP contribution in [0.1, 0.15) is 12.6 Å². The second kappa shape index (κ2) is 5.65. The van der Waals surface area contributed by atoms with Crippen molar-refractivity contribution in [3.05, 3.63) is 42.1 Å². The van der Waals surface area contributed by atoms with Crippen LogP contribution in [0.3, 0.4) is 0 Å². The molecule has 1 aromatic carbocycles. The Labute approximate surface area is 111 Å². The Kier molecular flexibility index (Phi) is 3.96. The van der Waals surface area contributed by atoms with Crippen molar-refractivity contribution in [2.45, 2.75) is 24.3 Å². The summed E-state index contributed by atoms with van der Waals surface area (Å²) >= 11 is 1.38. The predicted molar refractivity (Wildman–Crippen MR) is 73.1 cm³/mol. The maximum atomic E-state index is 8.83. The van der Waals surface area contributed by atoms with Crippen LogP contribution in [0, 0.1) is 18.3 Å². The molecule has 0 spiro atoms. The zero-order valence-corrected chi connectivity index (χ0v) is 11.1. The zero-order chi connectivity index (χ0) is 13.0. The van der Waals surface area contributed by atoms with Gasteiger partial charge in [-0.15, -0.1) is 0 Å². The van der Waals surface area contributed by atoms with Crippen LogP contribution in [-0.2, 0) is 0 Å². The summed E-state index contributed by atoms with van der Waals surface area (Å²) in [6.45, 7) is 3.79. The maximum absolute atomic E-state index is 8.83. The van der Waals surface area contributed by atoms with E-state index in [1.54, 1.807) is 0 Å².